The van der Waals surface area contributed by atoms with Crippen LogP contribution in [0.1, 0.15) is 38.5 Å². The molecule has 2 fully saturated rings. The maximum atomic E-state index is 11.3. The van der Waals surface area contributed by atoms with E-state index in [4.69, 9.17) is 0 Å². The van der Waals surface area contributed by atoms with Crippen LogP contribution >= 0.6 is 0 Å². The maximum absolute atomic E-state index is 11.3. The van der Waals surface area contributed by atoms with Gasteiger partial charge in [-0.2, -0.15) is 0 Å². The fourth-order valence-electron chi connectivity index (χ4n) is 2.32. The van der Waals surface area contributed by atoms with Crippen molar-refractivity contribution in [2.45, 2.75) is 44.6 Å². The molecule has 1 N–H and O–H groups in total. The van der Waals surface area contributed by atoms with Gasteiger partial charge in [0.2, 0.25) is 5.91 Å². The lowest BCUT2D eigenvalue weighted by atomic mass is 10.0. The van der Waals surface area contributed by atoms with Gasteiger partial charge < -0.3 is 10.2 Å². The van der Waals surface area contributed by atoms with Gasteiger partial charge in [0.15, 0.2) is 0 Å². The summed E-state index contributed by atoms with van der Waals surface area (Å²) in [7, 11) is 0. The number of amides is 1. The molecule has 0 aromatic rings. The molecule has 1 amide bonds. The van der Waals surface area contributed by atoms with Gasteiger partial charge in [0.05, 0.1) is 6.54 Å². The molecule has 2 rings (SSSR count). The first kappa shape index (κ1) is 11.5. The number of carbonyl (C=O) groups is 1. The Labute approximate surface area is 97.6 Å². The van der Waals surface area contributed by atoms with E-state index in [-0.39, 0.29) is 5.91 Å². The highest BCUT2D eigenvalue weighted by atomic mass is 16.2. The summed E-state index contributed by atoms with van der Waals surface area (Å²) >= 11 is 0. The zero-order chi connectivity index (χ0) is 11.2. The number of likely N-dealkylation sites (tertiary alicyclic amines) is 1. The smallest absolute Gasteiger partial charge is 0.223 e. The van der Waals surface area contributed by atoms with E-state index >= 15 is 0 Å². The molecule has 3 heteroatoms. The summed E-state index contributed by atoms with van der Waals surface area (Å²) in [5.74, 6) is 6.58. The van der Waals surface area contributed by atoms with Crippen molar-refractivity contribution in [3.63, 3.8) is 0 Å². The zero-order valence-electron chi connectivity index (χ0n) is 9.80. The SMILES string of the molecule is O=C1CCCN1CC#CC[C@H]1CCCCN1. The minimum absolute atomic E-state index is 0.269. The first-order valence-electron chi connectivity index (χ1n) is 6.33. The molecule has 3 nitrogen and oxygen atoms in total. The Kier molecular flexibility index (Phi) is 4.24. The van der Waals surface area contributed by atoms with Crippen LogP contribution in [-0.4, -0.2) is 36.5 Å². The lowest BCUT2D eigenvalue weighted by molar-refractivity contribution is -0.127. The molecular weight excluding hydrogens is 200 g/mol. The summed E-state index contributed by atoms with van der Waals surface area (Å²) in [5, 5.41) is 3.47. The minimum Gasteiger partial charge on any atom is -0.332 e. The number of nitrogens with one attached hydrogen (secondary N) is 1. The summed E-state index contributed by atoms with van der Waals surface area (Å²) in [6, 6.07) is 0.579. The van der Waals surface area contributed by atoms with Crippen molar-refractivity contribution < 1.29 is 4.79 Å². The second kappa shape index (κ2) is 5.91. The Morgan fingerprint density at radius 3 is 2.94 bits per heavy atom. The third-order valence-corrected chi connectivity index (χ3v) is 3.33. The van der Waals surface area contributed by atoms with Crippen LogP contribution in [0.15, 0.2) is 0 Å². The van der Waals surface area contributed by atoms with Gasteiger partial charge in [0, 0.05) is 25.4 Å². The number of hydrogen-bond acceptors (Lipinski definition) is 2. The van der Waals surface area contributed by atoms with Gasteiger partial charge in [-0.1, -0.05) is 18.3 Å². The van der Waals surface area contributed by atoms with Gasteiger partial charge in [0.1, 0.15) is 0 Å². The van der Waals surface area contributed by atoms with Crippen molar-refractivity contribution in [3.8, 4) is 11.8 Å². The van der Waals surface area contributed by atoms with Crippen molar-refractivity contribution in [2.24, 2.45) is 0 Å². The molecule has 16 heavy (non-hydrogen) atoms. The maximum Gasteiger partial charge on any atom is 0.223 e. The van der Waals surface area contributed by atoms with E-state index in [1.165, 1.54) is 19.3 Å². The molecular formula is C13H20N2O. The molecule has 0 saturated carbocycles. The van der Waals surface area contributed by atoms with E-state index in [1.807, 2.05) is 4.90 Å². The topological polar surface area (TPSA) is 32.3 Å². The predicted molar refractivity (Wildman–Crippen MR) is 63.8 cm³/mol. The van der Waals surface area contributed by atoms with E-state index in [1.54, 1.807) is 0 Å². The van der Waals surface area contributed by atoms with Crippen molar-refractivity contribution in [2.75, 3.05) is 19.6 Å². The largest absolute Gasteiger partial charge is 0.332 e. The minimum atomic E-state index is 0.269. The zero-order valence-corrected chi connectivity index (χ0v) is 9.80. The van der Waals surface area contributed by atoms with Gasteiger partial charge in [-0.15, -0.1) is 0 Å². The van der Waals surface area contributed by atoms with Crippen LogP contribution in [0.2, 0.25) is 0 Å². The van der Waals surface area contributed by atoms with Crippen molar-refractivity contribution in [1.29, 1.82) is 0 Å². The lowest BCUT2D eigenvalue weighted by Crippen LogP contribution is -2.33. The quantitative estimate of drug-likeness (QED) is 0.708. The number of carbonyl (C=O) groups excluding carboxylic acids is 1. The Morgan fingerprint density at radius 1 is 1.31 bits per heavy atom. The Morgan fingerprint density at radius 2 is 2.25 bits per heavy atom. The monoisotopic (exact) mass is 220 g/mol. The van der Waals surface area contributed by atoms with Crippen LogP contribution < -0.4 is 5.32 Å². The number of hydrogen-bond donors (Lipinski definition) is 1. The molecule has 0 spiro atoms. The summed E-state index contributed by atoms with van der Waals surface area (Å²) in [6.07, 6.45) is 6.52. The first-order valence-corrected chi connectivity index (χ1v) is 6.33. The van der Waals surface area contributed by atoms with Crippen molar-refractivity contribution in [1.82, 2.24) is 10.2 Å². The van der Waals surface area contributed by atoms with Crippen LogP contribution in [0, 0.1) is 11.8 Å². The van der Waals surface area contributed by atoms with E-state index in [0.717, 1.165) is 25.9 Å². The summed E-state index contributed by atoms with van der Waals surface area (Å²) in [4.78, 5) is 13.2. The van der Waals surface area contributed by atoms with Crippen molar-refractivity contribution >= 4 is 5.91 Å². The van der Waals surface area contributed by atoms with E-state index < -0.39 is 0 Å². The highest BCUT2D eigenvalue weighted by Crippen LogP contribution is 2.10. The molecule has 2 aliphatic rings. The van der Waals surface area contributed by atoms with Gasteiger partial charge in [0.25, 0.3) is 0 Å². The number of rotatable bonds is 2. The molecule has 2 aliphatic heterocycles. The predicted octanol–water partition coefficient (Wildman–Crippen LogP) is 1.14. The molecule has 2 saturated heterocycles. The Hall–Kier alpha value is -1.01. The van der Waals surface area contributed by atoms with Gasteiger partial charge >= 0.3 is 0 Å². The Balaban J connectivity index is 1.67. The number of piperidine rings is 1. The molecule has 88 valence electrons. The van der Waals surface area contributed by atoms with E-state index in [0.29, 0.717) is 19.0 Å². The highest BCUT2D eigenvalue weighted by molar-refractivity contribution is 5.78. The standard InChI is InChI=1S/C13H20N2O/c16-13-8-5-11-15(13)10-4-2-7-12-6-1-3-9-14-12/h12,14H,1,3,5-11H2/t12-/m1/s1. The molecule has 1 atom stereocenters. The third-order valence-electron chi connectivity index (χ3n) is 3.33. The van der Waals surface area contributed by atoms with Crippen LogP contribution in [0.25, 0.3) is 0 Å². The number of nitrogens with zero attached hydrogens (tertiary/aromatic N) is 1. The van der Waals surface area contributed by atoms with E-state index in [9.17, 15) is 4.79 Å². The average molecular weight is 220 g/mol. The Bertz CT molecular complexity index is 297. The molecule has 0 unspecified atom stereocenters. The van der Waals surface area contributed by atoms with E-state index in [2.05, 4.69) is 17.2 Å². The molecule has 0 aromatic heterocycles. The molecule has 0 aliphatic carbocycles. The van der Waals surface area contributed by atoms with Crippen LogP contribution in [0.3, 0.4) is 0 Å². The lowest BCUT2D eigenvalue weighted by Gasteiger charge is -2.21. The summed E-state index contributed by atoms with van der Waals surface area (Å²) < 4.78 is 0. The molecule has 0 radical (unpaired) electrons. The fourth-order valence-corrected chi connectivity index (χ4v) is 2.32. The van der Waals surface area contributed by atoms with Crippen LogP contribution in [0.4, 0.5) is 0 Å². The highest BCUT2D eigenvalue weighted by Gasteiger charge is 2.18. The first-order chi connectivity index (χ1) is 7.86. The second-order valence-corrected chi connectivity index (χ2v) is 4.62. The van der Waals surface area contributed by atoms with Gasteiger partial charge in [-0.05, 0) is 25.8 Å². The molecule has 0 aromatic carbocycles. The average Bonchev–Trinajstić information content (AvgIpc) is 2.72. The molecule has 2 heterocycles. The van der Waals surface area contributed by atoms with Gasteiger partial charge in [-0.3, -0.25) is 4.79 Å². The van der Waals surface area contributed by atoms with Crippen LogP contribution in [-0.2, 0) is 4.79 Å². The normalized spacial score (nSPS) is 25.4. The summed E-state index contributed by atoms with van der Waals surface area (Å²) in [6.45, 7) is 2.66. The second-order valence-electron chi connectivity index (χ2n) is 4.62. The molecule has 0 bridgehead atoms. The fraction of sp³-hybridized carbons (Fsp3) is 0.769. The van der Waals surface area contributed by atoms with Gasteiger partial charge in [-0.25, -0.2) is 0 Å². The van der Waals surface area contributed by atoms with Crippen molar-refractivity contribution in [3.05, 3.63) is 0 Å². The summed E-state index contributed by atoms with van der Waals surface area (Å²) in [5.41, 5.74) is 0. The van der Waals surface area contributed by atoms with Crippen LogP contribution in [0.5, 0.6) is 0 Å². The third kappa shape index (κ3) is 3.24.